The van der Waals surface area contributed by atoms with E-state index in [2.05, 4.69) is 28.9 Å². The number of primary amides is 1. The Kier molecular flexibility index (Phi) is 4.76. The van der Waals surface area contributed by atoms with E-state index in [4.69, 9.17) is 5.73 Å². The fourth-order valence-electron chi connectivity index (χ4n) is 3.50. The number of likely N-dealkylation sites (N-methyl/N-ethyl adjacent to an activating group) is 1. The number of hydrogen-bond acceptors (Lipinski definition) is 3. The molecule has 1 amide bonds. The number of carbonyl (C=O) groups is 1. The third kappa shape index (κ3) is 3.45. The van der Waals surface area contributed by atoms with Gasteiger partial charge in [-0.3, -0.25) is 4.79 Å². The zero-order valence-electron chi connectivity index (χ0n) is 13.6. The third-order valence-electron chi connectivity index (χ3n) is 4.59. The minimum atomic E-state index is -0.327. The SMILES string of the molecule is CCN1CCC[C@H](c2c(-c3ccccc3)ncn2CC(N)=O)C1. The molecule has 1 saturated heterocycles. The number of amides is 1. The Hall–Kier alpha value is -2.14. The molecule has 1 aliphatic heterocycles. The van der Waals surface area contributed by atoms with Crippen molar-refractivity contribution in [3.63, 3.8) is 0 Å². The molecule has 1 atom stereocenters. The molecule has 5 nitrogen and oxygen atoms in total. The zero-order valence-corrected chi connectivity index (χ0v) is 13.6. The van der Waals surface area contributed by atoms with Crippen LogP contribution in [0, 0.1) is 0 Å². The molecule has 0 bridgehead atoms. The third-order valence-corrected chi connectivity index (χ3v) is 4.59. The van der Waals surface area contributed by atoms with Gasteiger partial charge in [-0.05, 0) is 25.9 Å². The second-order valence-electron chi connectivity index (χ2n) is 6.17. The second kappa shape index (κ2) is 6.96. The van der Waals surface area contributed by atoms with E-state index in [1.807, 2.05) is 22.8 Å². The summed E-state index contributed by atoms with van der Waals surface area (Å²) in [6.07, 6.45) is 4.06. The maximum Gasteiger partial charge on any atom is 0.237 e. The van der Waals surface area contributed by atoms with Gasteiger partial charge in [-0.1, -0.05) is 37.3 Å². The first kappa shape index (κ1) is 15.7. The predicted molar refractivity (Wildman–Crippen MR) is 90.9 cm³/mol. The van der Waals surface area contributed by atoms with Gasteiger partial charge in [-0.25, -0.2) is 4.98 Å². The topological polar surface area (TPSA) is 64.2 Å². The van der Waals surface area contributed by atoms with Crippen molar-refractivity contribution in [2.45, 2.75) is 32.2 Å². The Morgan fingerprint density at radius 1 is 1.35 bits per heavy atom. The Bertz CT molecular complexity index is 665. The first-order valence-corrected chi connectivity index (χ1v) is 8.30. The van der Waals surface area contributed by atoms with Crippen LogP contribution in [0.25, 0.3) is 11.3 Å². The van der Waals surface area contributed by atoms with Crippen molar-refractivity contribution in [1.29, 1.82) is 0 Å². The molecule has 1 aromatic carbocycles. The molecule has 1 fully saturated rings. The van der Waals surface area contributed by atoms with Crippen molar-refractivity contribution in [3.05, 3.63) is 42.4 Å². The summed E-state index contributed by atoms with van der Waals surface area (Å²) in [7, 11) is 0. The van der Waals surface area contributed by atoms with Crippen molar-refractivity contribution >= 4 is 5.91 Å². The molecule has 2 aromatic rings. The van der Waals surface area contributed by atoms with E-state index >= 15 is 0 Å². The van der Waals surface area contributed by atoms with Crippen molar-refractivity contribution in [2.75, 3.05) is 19.6 Å². The number of carbonyl (C=O) groups excluding carboxylic acids is 1. The lowest BCUT2D eigenvalue weighted by atomic mass is 9.91. The lowest BCUT2D eigenvalue weighted by molar-refractivity contribution is -0.118. The van der Waals surface area contributed by atoms with Crippen LogP contribution in [-0.4, -0.2) is 40.0 Å². The van der Waals surface area contributed by atoms with Gasteiger partial charge in [0.1, 0.15) is 6.54 Å². The average Bonchev–Trinajstić information content (AvgIpc) is 2.98. The fourth-order valence-corrected chi connectivity index (χ4v) is 3.50. The van der Waals surface area contributed by atoms with Crippen molar-refractivity contribution in [1.82, 2.24) is 14.5 Å². The van der Waals surface area contributed by atoms with Crippen LogP contribution in [0.5, 0.6) is 0 Å². The summed E-state index contributed by atoms with van der Waals surface area (Å²) in [5.74, 6) is 0.0622. The number of hydrogen-bond donors (Lipinski definition) is 1. The summed E-state index contributed by atoms with van der Waals surface area (Å²) < 4.78 is 1.94. The van der Waals surface area contributed by atoms with E-state index in [0.29, 0.717) is 5.92 Å². The standard InChI is InChI=1S/C18H24N4O/c1-2-21-10-6-9-15(11-21)18-17(14-7-4-3-5-8-14)20-13-22(18)12-16(19)23/h3-5,7-8,13,15H,2,6,9-12H2,1H3,(H2,19,23)/t15-/m0/s1. The van der Waals surface area contributed by atoms with Gasteiger partial charge in [-0.2, -0.15) is 0 Å². The van der Waals surface area contributed by atoms with Crippen LogP contribution in [0.15, 0.2) is 36.7 Å². The van der Waals surface area contributed by atoms with Gasteiger partial charge < -0.3 is 15.2 Å². The molecule has 1 aromatic heterocycles. The van der Waals surface area contributed by atoms with Crippen molar-refractivity contribution < 1.29 is 4.79 Å². The highest BCUT2D eigenvalue weighted by Gasteiger charge is 2.27. The van der Waals surface area contributed by atoms with Crippen molar-refractivity contribution in [2.24, 2.45) is 5.73 Å². The summed E-state index contributed by atoms with van der Waals surface area (Å²) in [4.78, 5) is 18.5. The van der Waals surface area contributed by atoms with E-state index in [1.54, 1.807) is 6.33 Å². The van der Waals surface area contributed by atoms with Crippen LogP contribution in [0.4, 0.5) is 0 Å². The molecule has 2 heterocycles. The molecule has 2 N–H and O–H groups in total. The van der Waals surface area contributed by atoms with E-state index in [0.717, 1.165) is 43.0 Å². The molecule has 0 spiro atoms. The number of nitrogens with zero attached hydrogens (tertiary/aromatic N) is 3. The summed E-state index contributed by atoms with van der Waals surface area (Å²) in [5.41, 5.74) is 8.65. The van der Waals surface area contributed by atoms with E-state index in [-0.39, 0.29) is 12.5 Å². The highest BCUT2D eigenvalue weighted by atomic mass is 16.1. The summed E-state index contributed by atoms with van der Waals surface area (Å²) in [6.45, 7) is 5.61. The summed E-state index contributed by atoms with van der Waals surface area (Å²) in [6, 6.07) is 10.2. The van der Waals surface area contributed by atoms with Gasteiger partial charge in [-0.15, -0.1) is 0 Å². The number of nitrogens with two attached hydrogens (primary N) is 1. The molecule has 0 unspecified atom stereocenters. The molecule has 0 saturated carbocycles. The van der Waals surface area contributed by atoms with E-state index in [9.17, 15) is 4.79 Å². The number of likely N-dealkylation sites (tertiary alicyclic amines) is 1. The van der Waals surface area contributed by atoms with E-state index < -0.39 is 0 Å². The smallest absolute Gasteiger partial charge is 0.237 e. The van der Waals surface area contributed by atoms with Crippen LogP contribution in [0.1, 0.15) is 31.4 Å². The number of benzene rings is 1. The normalized spacial score (nSPS) is 18.9. The van der Waals surface area contributed by atoms with Gasteiger partial charge in [0.15, 0.2) is 0 Å². The maximum atomic E-state index is 11.4. The fraction of sp³-hybridized carbons (Fsp3) is 0.444. The van der Waals surface area contributed by atoms with Crippen LogP contribution in [0.2, 0.25) is 0 Å². The number of imidazole rings is 1. The lowest BCUT2D eigenvalue weighted by Gasteiger charge is -2.32. The number of aromatic nitrogens is 2. The Balaban J connectivity index is 2.00. The zero-order chi connectivity index (χ0) is 16.2. The molecule has 122 valence electrons. The molecule has 0 radical (unpaired) electrons. The van der Waals surface area contributed by atoms with Gasteiger partial charge in [0, 0.05) is 18.0 Å². The molecule has 3 rings (SSSR count). The Morgan fingerprint density at radius 2 is 2.13 bits per heavy atom. The highest BCUT2D eigenvalue weighted by molar-refractivity contribution is 5.74. The molecule has 1 aliphatic rings. The molecule has 5 heteroatoms. The minimum absolute atomic E-state index is 0.192. The van der Waals surface area contributed by atoms with Crippen LogP contribution >= 0.6 is 0 Å². The Labute approximate surface area is 137 Å². The van der Waals surface area contributed by atoms with Crippen molar-refractivity contribution in [3.8, 4) is 11.3 Å². The van der Waals surface area contributed by atoms with Gasteiger partial charge in [0.05, 0.1) is 17.7 Å². The van der Waals surface area contributed by atoms with Crippen LogP contribution in [-0.2, 0) is 11.3 Å². The molecule has 23 heavy (non-hydrogen) atoms. The minimum Gasteiger partial charge on any atom is -0.368 e. The van der Waals surface area contributed by atoms with Gasteiger partial charge >= 0.3 is 0 Å². The average molecular weight is 312 g/mol. The largest absolute Gasteiger partial charge is 0.368 e. The lowest BCUT2D eigenvalue weighted by Crippen LogP contribution is -2.35. The highest BCUT2D eigenvalue weighted by Crippen LogP contribution is 2.33. The number of rotatable bonds is 5. The van der Waals surface area contributed by atoms with Crippen LogP contribution in [0.3, 0.4) is 0 Å². The monoisotopic (exact) mass is 312 g/mol. The molecule has 0 aliphatic carbocycles. The predicted octanol–water partition coefficient (Wildman–Crippen LogP) is 2.23. The van der Waals surface area contributed by atoms with E-state index in [1.165, 1.54) is 6.42 Å². The first-order chi connectivity index (χ1) is 11.2. The quantitative estimate of drug-likeness (QED) is 0.921. The van der Waals surface area contributed by atoms with Gasteiger partial charge in [0.25, 0.3) is 0 Å². The molecular formula is C18H24N4O. The van der Waals surface area contributed by atoms with Crippen LogP contribution < -0.4 is 5.73 Å². The maximum absolute atomic E-state index is 11.4. The summed E-state index contributed by atoms with van der Waals surface area (Å²) >= 11 is 0. The number of piperidine rings is 1. The second-order valence-corrected chi connectivity index (χ2v) is 6.17. The summed E-state index contributed by atoms with van der Waals surface area (Å²) in [5, 5.41) is 0. The Morgan fingerprint density at radius 3 is 2.83 bits per heavy atom. The first-order valence-electron chi connectivity index (χ1n) is 8.30. The van der Waals surface area contributed by atoms with Gasteiger partial charge in [0.2, 0.25) is 5.91 Å². The molecular weight excluding hydrogens is 288 g/mol.